The highest BCUT2D eigenvalue weighted by molar-refractivity contribution is 7.09. The molecular formula is C10H16N2S. The number of hydrogen-bond acceptors (Lipinski definition) is 3. The molecule has 2 nitrogen and oxygen atoms in total. The van der Waals surface area contributed by atoms with Gasteiger partial charge in [0.1, 0.15) is 0 Å². The SMILES string of the molecule is Cc1ncsc1CNC1CC1(C)C. The molecule has 0 bridgehead atoms. The Morgan fingerprint density at radius 1 is 1.69 bits per heavy atom. The van der Waals surface area contributed by atoms with Crippen LogP contribution in [0.4, 0.5) is 0 Å². The summed E-state index contributed by atoms with van der Waals surface area (Å²) in [6, 6.07) is 0.717. The first-order valence-electron chi connectivity index (χ1n) is 4.72. The van der Waals surface area contributed by atoms with Crippen molar-refractivity contribution in [2.75, 3.05) is 0 Å². The molecule has 72 valence electrons. The fourth-order valence-electron chi connectivity index (χ4n) is 1.53. The predicted molar refractivity (Wildman–Crippen MR) is 55.9 cm³/mol. The third-order valence-electron chi connectivity index (χ3n) is 2.87. The number of nitrogens with one attached hydrogen (secondary N) is 1. The van der Waals surface area contributed by atoms with Gasteiger partial charge in [-0.2, -0.15) is 0 Å². The minimum absolute atomic E-state index is 0.526. The summed E-state index contributed by atoms with van der Waals surface area (Å²) in [6.45, 7) is 7.69. The molecule has 0 aromatic carbocycles. The van der Waals surface area contributed by atoms with Crippen molar-refractivity contribution < 1.29 is 0 Å². The molecule has 1 aliphatic rings. The van der Waals surface area contributed by atoms with Crippen LogP contribution < -0.4 is 5.32 Å². The van der Waals surface area contributed by atoms with Crippen LogP contribution in [0.2, 0.25) is 0 Å². The van der Waals surface area contributed by atoms with Gasteiger partial charge in [0.05, 0.1) is 11.2 Å². The van der Waals surface area contributed by atoms with Gasteiger partial charge >= 0.3 is 0 Å². The number of aryl methyl sites for hydroxylation is 1. The average Bonchev–Trinajstić information content (AvgIpc) is 2.47. The van der Waals surface area contributed by atoms with Crippen LogP contribution in [0.3, 0.4) is 0 Å². The Labute approximate surface area is 83.4 Å². The van der Waals surface area contributed by atoms with Crippen LogP contribution in [-0.2, 0) is 6.54 Å². The molecule has 1 fully saturated rings. The maximum absolute atomic E-state index is 4.23. The summed E-state index contributed by atoms with van der Waals surface area (Å²) in [6.07, 6.45) is 1.31. The van der Waals surface area contributed by atoms with E-state index >= 15 is 0 Å². The number of aromatic nitrogens is 1. The first kappa shape index (κ1) is 9.16. The van der Waals surface area contributed by atoms with Crippen LogP contribution in [0.25, 0.3) is 0 Å². The molecule has 1 heterocycles. The molecular weight excluding hydrogens is 180 g/mol. The van der Waals surface area contributed by atoms with E-state index in [1.807, 2.05) is 5.51 Å². The first-order valence-corrected chi connectivity index (χ1v) is 5.60. The largest absolute Gasteiger partial charge is 0.308 e. The normalized spacial score (nSPS) is 24.7. The van der Waals surface area contributed by atoms with Crippen molar-refractivity contribution >= 4 is 11.3 Å². The van der Waals surface area contributed by atoms with Crippen molar-refractivity contribution in [3.63, 3.8) is 0 Å². The van der Waals surface area contributed by atoms with Gasteiger partial charge in [-0.25, -0.2) is 4.98 Å². The maximum atomic E-state index is 4.23. The Kier molecular flexibility index (Phi) is 2.16. The molecule has 1 unspecified atom stereocenters. The highest BCUT2D eigenvalue weighted by atomic mass is 32.1. The average molecular weight is 196 g/mol. The molecule has 1 aliphatic carbocycles. The molecule has 0 spiro atoms. The summed E-state index contributed by atoms with van der Waals surface area (Å²) in [5, 5.41) is 3.56. The van der Waals surface area contributed by atoms with Crippen LogP contribution in [0.5, 0.6) is 0 Å². The second-order valence-electron chi connectivity index (χ2n) is 4.49. The summed E-state index contributed by atoms with van der Waals surface area (Å²) < 4.78 is 0. The van der Waals surface area contributed by atoms with E-state index < -0.39 is 0 Å². The Balaban J connectivity index is 1.85. The highest BCUT2D eigenvalue weighted by Gasteiger charge is 2.45. The highest BCUT2D eigenvalue weighted by Crippen LogP contribution is 2.44. The lowest BCUT2D eigenvalue weighted by atomic mass is 10.2. The Bertz CT molecular complexity index is 304. The van der Waals surface area contributed by atoms with Gasteiger partial charge in [-0.15, -0.1) is 11.3 Å². The van der Waals surface area contributed by atoms with Gasteiger partial charge in [-0.1, -0.05) is 13.8 Å². The van der Waals surface area contributed by atoms with Gasteiger partial charge in [-0.05, 0) is 18.8 Å². The molecule has 0 radical (unpaired) electrons. The van der Waals surface area contributed by atoms with Gasteiger partial charge < -0.3 is 5.32 Å². The molecule has 0 aliphatic heterocycles. The number of rotatable bonds is 3. The van der Waals surface area contributed by atoms with Crippen molar-refractivity contribution in [1.29, 1.82) is 0 Å². The molecule has 13 heavy (non-hydrogen) atoms. The van der Waals surface area contributed by atoms with Crippen molar-refractivity contribution in [3.05, 3.63) is 16.1 Å². The number of nitrogens with zero attached hydrogens (tertiary/aromatic N) is 1. The third-order valence-corrected chi connectivity index (χ3v) is 3.80. The zero-order valence-corrected chi connectivity index (χ0v) is 9.24. The molecule has 1 aromatic rings. The molecule has 1 aromatic heterocycles. The van der Waals surface area contributed by atoms with Crippen molar-refractivity contribution in [1.82, 2.24) is 10.3 Å². The molecule has 2 rings (SSSR count). The maximum Gasteiger partial charge on any atom is 0.0798 e. The fraction of sp³-hybridized carbons (Fsp3) is 0.700. The summed E-state index contributed by atoms with van der Waals surface area (Å²) in [7, 11) is 0. The second-order valence-corrected chi connectivity index (χ2v) is 5.43. The summed E-state index contributed by atoms with van der Waals surface area (Å²) in [5.41, 5.74) is 3.62. The van der Waals surface area contributed by atoms with E-state index in [2.05, 4.69) is 31.1 Å². The zero-order chi connectivity index (χ0) is 9.47. The summed E-state index contributed by atoms with van der Waals surface area (Å²) in [4.78, 5) is 5.61. The quantitative estimate of drug-likeness (QED) is 0.802. The van der Waals surface area contributed by atoms with E-state index in [0.29, 0.717) is 11.5 Å². The van der Waals surface area contributed by atoms with E-state index in [4.69, 9.17) is 0 Å². The van der Waals surface area contributed by atoms with Crippen LogP contribution in [0.1, 0.15) is 30.8 Å². The van der Waals surface area contributed by atoms with E-state index in [1.54, 1.807) is 11.3 Å². The van der Waals surface area contributed by atoms with Crippen molar-refractivity contribution in [2.45, 2.75) is 39.8 Å². The lowest BCUT2D eigenvalue weighted by Crippen LogP contribution is -2.19. The molecule has 1 N–H and O–H groups in total. The standard InChI is InChI=1S/C10H16N2S/c1-7-8(13-6-12-7)5-11-9-4-10(9,2)3/h6,9,11H,4-5H2,1-3H3. The van der Waals surface area contributed by atoms with Gasteiger partial charge in [0.25, 0.3) is 0 Å². The molecule has 0 amide bonds. The van der Waals surface area contributed by atoms with Crippen LogP contribution in [0, 0.1) is 12.3 Å². The minimum atomic E-state index is 0.526. The Morgan fingerprint density at radius 2 is 2.38 bits per heavy atom. The fourth-order valence-corrected chi connectivity index (χ4v) is 2.26. The smallest absolute Gasteiger partial charge is 0.0798 e. The van der Waals surface area contributed by atoms with Crippen LogP contribution >= 0.6 is 11.3 Å². The lowest BCUT2D eigenvalue weighted by Gasteiger charge is -2.04. The van der Waals surface area contributed by atoms with Crippen LogP contribution in [0.15, 0.2) is 5.51 Å². The second kappa shape index (κ2) is 3.07. The van der Waals surface area contributed by atoms with Gasteiger partial charge in [-0.3, -0.25) is 0 Å². The monoisotopic (exact) mass is 196 g/mol. The Morgan fingerprint density at radius 3 is 2.85 bits per heavy atom. The molecule has 1 atom stereocenters. The number of thiazole rings is 1. The lowest BCUT2D eigenvalue weighted by molar-refractivity contribution is 0.543. The van der Waals surface area contributed by atoms with E-state index in [1.165, 1.54) is 17.0 Å². The molecule has 0 saturated heterocycles. The first-order chi connectivity index (χ1) is 6.09. The van der Waals surface area contributed by atoms with Gasteiger partial charge in [0, 0.05) is 17.5 Å². The van der Waals surface area contributed by atoms with E-state index in [0.717, 1.165) is 6.54 Å². The summed E-state index contributed by atoms with van der Waals surface area (Å²) >= 11 is 1.75. The minimum Gasteiger partial charge on any atom is -0.308 e. The van der Waals surface area contributed by atoms with E-state index in [-0.39, 0.29) is 0 Å². The third kappa shape index (κ3) is 1.92. The van der Waals surface area contributed by atoms with E-state index in [9.17, 15) is 0 Å². The molecule has 1 saturated carbocycles. The molecule has 3 heteroatoms. The van der Waals surface area contributed by atoms with Crippen molar-refractivity contribution in [3.8, 4) is 0 Å². The van der Waals surface area contributed by atoms with Crippen LogP contribution in [-0.4, -0.2) is 11.0 Å². The zero-order valence-electron chi connectivity index (χ0n) is 8.42. The van der Waals surface area contributed by atoms with Gasteiger partial charge in [0.15, 0.2) is 0 Å². The van der Waals surface area contributed by atoms with Crippen molar-refractivity contribution in [2.24, 2.45) is 5.41 Å². The van der Waals surface area contributed by atoms with Gasteiger partial charge in [0.2, 0.25) is 0 Å². The topological polar surface area (TPSA) is 24.9 Å². The Hall–Kier alpha value is -0.410. The number of hydrogen-bond donors (Lipinski definition) is 1. The summed E-state index contributed by atoms with van der Waals surface area (Å²) in [5.74, 6) is 0. The predicted octanol–water partition coefficient (Wildman–Crippen LogP) is 2.34.